The number of anilines is 3. The van der Waals surface area contributed by atoms with Gasteiger partial charge in [0.05, 0.1) is 11.2 Å². The summed E-state index contributed by atoms with van der Waals surface area (Å²) in [6, 6.07) is 10.3. The van der Waals surface area contributed by atoms with Crippen LogP contribution >= 0.6 is 11.3 Å². The van der Waals surface area contributed by atoms with Crippen LogP contribution in [0.3, 0.4) is 0 Å². The Kier molecular flexibility index (Phi) is 6.36. The molecule has 4 atom stereocenters. The molecule has 4 aromatic rings. The lowest BCUT2D eigenvalue weighted by molar-refractivity contribution is 0.107. The standard InChI is InChI=1S/C32H34FN7O2S/c1-3-19-6-4-7-20-12-24(41)13-25(26(19)20)38(2)31-35-27-28(39-16-22-8-9-23(17-39)34-22)36-30(37-29(27)43-31)42-18-32-10-5-11-40(32)15-21(33)14-32/h1,4,6-7,12-13,21-23,34,41H,5,8-11,14-18H2,2H3/t21-,22?,23?,32+/m1/s1. The Morgan fingerprint density at radius 2 is 2.05 bits per heavy atom. The van der Waals surface area contributed by atoms with Gasteiger partial charge >= 0.3 is 6.01 Å². The summed E-state index contributed by atoms with van der Waals surface area (Å²) in [7, 11) is 1.93. The molecule has 6 heterocycles. The summed E-state index contributed by atoms with van der Waals surface area (Å²) in [5, 5.41) is 16.7. The number of fused-ring (bicyclic) bond motifs is 5. The fraction of sp³-hybridized carbons (Fsp3) is 0.469. The van der Waals surface area contributed by atoms with Crippen LogP contribution in [0.5, 0.6) is 11.8 Å². The lowest BCUT2D eigenvalue weighted by Gasteiger charge is -2.34. The van der Waals surface area contributed by atoms with Gasteiger partial charge in [-0.1, -0.05) is 29.4 Å². The number of ether oxygens (including phenoxy) is 1. The Morgan fingerprint density at radius 1 is 1.21 bits per heavy atom. The number of terminal acetylenes is 1. The van der Waals surface area contributed by atoms with E-state index < -0.39 is 6.17 Å². The van der Waals surface area contributed by atoms with Gasteiger partial charge in [0, 0.05) is 62.2 Å². The van der Waals surface area contributed by atoms with Crippen molar-refractivity contribution < 1.29 is 14.2 Å². The van der Waals surface area contributed by atoms with Crippen LogP contribution in [0.1, 0.15) is 37.7 Å². The molecule has 222 valence electrons. The highest BCUT2D eigenvalue weighted by molar-refractivity contribution is 7.22. The predicted octanol–water partition coefficient (Wildman–Crippen LogP) is 4.59. The number of halogens is 1. The second-order valence-corrected chi connectivity index (χ2v) is 13.4. The van der Waals surface area contributed by atoms with Gasteiger partial charge in [-0.05, 0) is 49.7 Å². The molecule has 0 spiro atoms. The van der Waals surface area contributed by atoms with Crippen molar-refractivity contribution in [1.29, 1.82) is 0 Å². The summed E-state index contributed by atoms with van der Waals surface area (Å²) in [6.07, 6.45) is 9.83. The van der Waals surface area contributed by atoms with Crippen molar-refractivity contribution in [1.82, 2.24) is 25.2 Å². The van der Waals surface area contributed by atoms with Gasteiger partial charge < -0.3 is 25.0 Å². The number of nitrogens with zero attached hydrogens (tertiary/aromatic N) is 6. The Morgan fingerprint density at radius 3 is 2.86 bits per heavy atom. The van der Waals surface area contributed by atoms with Gasteiger partial charge in [0.15, 0.2) is 15.8 Å². The topological polar surface area (TPSA) is 89.9 Å². The van der Waals surface area contributed by atoms with Gasteiger partial charge in [0.2, 0.25) is 0 Å². The molecule has 0 radical (unpaired) electrons. The minimum Gasteiger partial charge on any atom is -0.508 e. The van der Waals surface area contributed by atoms with Crippen LogP contribution in [0.15, 0.2) is 30.3 Å². The molecular weight excluding hydrogens is 565 g/mol. The molecule has 43 heavy (non-hydrogen) atoms. The number of thiazole rings is 1. The summed E-state index contributed by atoms with van der Waals surface area (Å²) in [5.74, 6) is 3.71. The summed E-state index contributed by atoms with van der Waals surface area (Å²) < 4.78 is 20.8. The number of aromatic hydroxyl groups is 1. The quantitative estimate of drug-likeness (QED) is 0.309. The molecule has 0 amide bonds. The van der Waals surface area contributed by atoms with Crippen LogP contribution in [0.4, 0.5) is 21.0 Å². The number of rotatable bonds is 6. The minimum atomic E-state index is -0.817. The van der Waals surface area contributed by atoms with E-state index in [0.717, 1.165) is 83.5 Å². The Balaban J connectivity index is 1.20. The first-order valence-corrected chi connectivity index (χ1v) is 15.9. The van der Waals surface area contributed by atoms with Crippen LogP contribution < -0.4 is 19.9 Å². The molecule has 4 saturated heterocycles. The molecule has 9 nitrogen and oxygen atoms in total. The van der Waals surface area contributed by atoms with E-state index in [2.05, 4.69) is 21.0 Å². The van der Waals surface area contributed by atoms with E-state index in [9.17, 15) is 9.50 Å². The highest BCUT2D eigenvalue weighted by Crippen LogP contribution is 2.43. The number of phenols is 1. The summed E-state index contributed by atoms with van der Waals surface area (Å²) in [4.78, 5) is 22.1. The average molecular weight is 600 g/mol. The van der Waals surface area contributed by atoms with Crippen molar-refractivity contribution >= 4 is 49.1 Å². The zero-order valence-corrected chi connectivity index (χ0v) is 24.9. The summed E-state index contributed by atoms with van der Waals surface area (Å²) in [6.45, 7) is 3.45. The molecule has 0 saturated carbocycles. The van der Waals surface area contributed by atoms with Crippen molar-refractivity contribution in [2.75, 3.05) is 49.6 Å². The molecule has 11 heteroatoms. The zero-order chi connectivity index (χ0) is 29.3. The number of phenolic OH excluding ortho intramolecular Hbond substituents is 1. The summed E-state index contributed by atoms with van der Waals surface area (Å²) >= 11 is 1.45. The average Bonchev–Trinajstić information content (AvgIpc) is 3.76. The number of piperazine rings is 1. The maximum absolute atomic E-state index is 14.4. The van der Waals surface area contributed by atoms with E-state index >= 15 is 0 Å². The molecule has 2 bridgehead atoms. The zero-order valence-electron chi connectivity index (χ0n) is 24.1. The number of benzene rings is 2. The Labute approximate surface area is 253 Å². The normalized spacial score (nSPS) is 26.7. The van der Waals surface area contributed by atoms with Crippen molar-refractivity contribution in [2.24, 2.45) is 0 Å². The second-order valence-electron chi connectivity index (χ2n) is 12.5. The van der Waals surface area contributed by atoms with Crippen molar-refractivity contribution in [3.63, 3.8) is 0 Å². The van der Waals surface area contributed by atoms with Gasteiger partial charge in [-0.25, -0.2) is 9.37 Å². The highest BCUT2D eigenvalue weighted by atomic mass is 32.1. The van der Waals surface area contributed by atoms with Crippen molar-refractivity contribution in [3.8, 4) is 24.1 Å². The van der Waals surface area contributed by atoms with Crippen LogP contribution in [-0.4, -0.2) is 88.6 Å². The van der Waals surface area contributed by atoms with Gasteiger partial charge in [-0.15, -0.1) is 6.42 Å². The predicted molar refractivity (Wildman–Crippen MR) is 168 cm³/mol. The molecular formula is C32H34FN7O2S. The maximum Gasteiger partial charge on any atom is 0.319 e. The minimum absolute atomic E-state index is 0.153. The molecule has 4 aliphatic heterocycles. The lowest BCUT2D eigenvalue weighted by Crippen LogP contribution is -2.51. The van der Waals surface area contributed by atoms with E-state index in [0.29, 0.717) is 42.8 Å². The summed E-state index contributed by atoms with van der Waals surface area (Å²) in [5.41, 5.74) is 1.95. The monoisotopic (exact) mass is 599 g/mol. The largest absolute Gasteiger partial charge is 0.508 e. The molecule has 2 N–H and O–H groups in total. The first-order chi connectivity index (χ1) is 20.9. The molecule has 0 aliphatic carbocycles. The second kappa shape index (κ2) is 10.2. The molecule has 4 fully saturated rings. The number of hydrogen-bond acceptors (Lipinski definition) is 10. The Hall–Kier alpha value is -3.72. The molecule has 8 rings (SSSR count). The third-order valence-electron chi connectivity index (χ3n) is 9.70. The number of alkyl halides is 1. The van der Waals surface area contributed by atoms with Crippen LogP contribution in [0, 0.1) is 12.3 Å². The van der Waals surface area contributed by atoms with Crippen LogP contribution in [0.25, 0.3) is 21.1 Å². The third-order valence-corrected chi connectivity index (χ3v) is 10.7. The third kappa shape index (κ3) is 4.55. The SMILES string of the molecule is C#Cc1cccc2cc(O)cc(N(C)c3nc4c(N5CC6CCC(C5)N6)nc(OC[C@@]56CCCN5C[C@H](F)C6)nc4s3)c12. The first kappa shape index (κ1) is 26.9. The van der Waals surface area contributed by atoms with Crippen LogP contribution in [-0.2, 0) is 0 Å². The first-order valence-electron chi connectivity index (χ1n) is 15.1. The van der Waals surface area contributed by atoms with Gasteiger partial charge in [-0.2, -0.15) is 9.97 Å². The van der Waals surface area contributed by atoms with Crippen LogP contribution in [0.2, 0.25) is 0 Å². The fourth-order valence-electron chi connectivity index (χ4n) is 7.70. The molecule has 2 unspecified atom stereocenters. The highest BCUT2D eigenvalue weighted by Gasteiger charge is 2.49. The van der Waals surface area contributed by atoms with E-state index in [1.807, 2.05) is 30.1 Å². The smallest absolute Gasteiger partial charge is 0.319 e. The van der Waals surface area contributed by atoms with E-state index in [1.54, 1.807) is 12.1 Å². The Bertz CT molecular complexity index is 1760. The number of nitrogens with one attached hydrogen (secondary N) is 1. The number of hydrogen-bond donors (Lipinski definition) is 2. The molecule has 4 aliphatic rings. The maximum atomic E-state index is 14.4. The van der Waals surface area contributed by atoms with E-state index in [-0.39, 0.29) is 11.3 Å². The van der Waals surface area contributed by atoms with Crippen molar-refractivity contribution in [2.45, 2.75) is 55.9 Å². The van der Waals surface area contributed by atoms with Gasteiger partial charge in [0.1, 0.15) is 24.0 Å². The molecule has 2 aromatic carbocycles. The van der Waals surface area contributed by atoms with Gasteiger partial charge in [-0.3, -0.25) is 4.90 Å². The van der Waals surface area contributed by atoms with E-state index in [1.165, 1.54) is 11.3 Å². The fourth-order valence-corrected chi connectivity index (χ4v) is 8.60. The van der Waals surface area contributed by atoms with Crippen molar-refractivity contribution in [3.05, 3.63) is 35.9 Å². The number of aromatic nitrogens is 3. The molecule has 2 aromatic heterocycles. The van der Waals surface area contributed by atoms with E-state index in [4.69, 9.17) is 26.1 Å². The lowest BCUT2D eigenvalue weighted by atomic mass is 9.95. The van der Waals surface area contributed by atoms with Gasteiger partial charge in [0.25, 0.3) is 0 Å².